The number of halogens is 2. The van der Waals surface area contributed by atoms with Crippen LogP contribution in [0.25, 0.3) is 0 Å². The molecule has 0 unspecified atom stereocenters. The lowest BCUT2D eigenvalue weighted by Gasteiger charge is -2.15. The van der Waals surface area contributed by atoms with E-state index in [4.69, 9.17) is 0 Å². The number of hydrogen-bond acceptors (Lipinski definition) is 6. The number of aliphatic imine (C=N–C) groups is 2. The Bertz CT molecular complexity index is 1200. The second kappa shape index (κ2) is 13.6. The maximum absolute atomic E-state index is 12.7. The standard InChI is InChI=1S/C28H28N6O2.2ClH/c35-27(33-23-11-7-19(8-12-23)25-29-15-1-16-30-25)21-3-5-22(6-4-21)28(36)34-24-13-9-20(10-14-24)26-31-17-2-18-32-26;;/h3-14H,1-2,15-18H2,(H,29,30)(H,31,32)(H,33,35)(H,34,36);2*1H. The first kappa shape index (κ1) is 28.7. The molecular formula is C28H30Cl2N6O2. The first-order chi connectivity index (χ1) is 17.7. The smallest absolute Gasteiger partial charge is 0.255 e. The van der Waals surface area contributed by atoms with Crippen molar-refractivity contribution in [3.05, 3.63) is 95.1 Å². The summed E-state index contributed by atoms with van der Waals surface area (Å²) in [7, 11) is 0. The van der Waals surface area contributed by atoms with E-state index < -0.39 is 0 Å². The van der Waals surface area contributed by atoms with Crippen molar-refractivity contribution < 1.29 is 9.59 Å². The number of hydrogen-bond donors (Lipinski definition) is 4. The topological polar surface area (TPSA) is 107 Å². The molecule has 0 atom stereocenters. The Kier molecular flexibility index (Phi) is 10.3. The molecule has 0 saturated heterocycles. The first-order valence-electron chi connectivity index (χ1n) is 12.2. The molecule has 2 aliphatic heterocycles. The van der Waals surface area contributed by atoms with Crippen LogP contribution in [-0.2, 0) is 0 Å². The van der Waals surface area contributed by atoms with Crippen LogP contribution in [0.3, 0.4) is 0 Å². The largest absolute Gasteiger partial charge is 0.370 e. The molecule has 8 nitrogen and oxygen atoms in total. The summed E-state index contributed by atoms with van der Waals surface area (Å²) in [6.07, 6.45) is 2.08. The Balaban J connectivity index is 0.00000200. The molecule has 2 aliphatic rings. The average Bonchev–Trinajstić information content (AvgIpc) is 2.95. The number of carbonyl (C=O) groups excluding carboxylic acids is 2. The fraction of sp³-hybridized carbons (Fsp3) is 0.214. The molecular weight excluding hydrogens is 523 g/mol. The Morgan fingerprint density at radius 3 is 1.26 bits per heavy atom. The minimum Gasteiger partial charge on any atom is -0.370 e. The second-order valence-corrected chi connectivity index (χ2v) is 8.66. The average molecular weight is 553 g/mol. The molecule has 3 aromatic carbocycles. The number of nitrogens with one attached hydrogen (secondary N) is 4. The molecule has 10 heteroatoms. The zero-order valence-electron chi connectivity index (χ0n) is 20.7. The number of amides is 2. The van der Waals surface area contributed by atoms with Gasteiger partial charge in [-0.15, -0.1) is 24.8 Å². The molecule has 5 rings (SSSR count). The third kappa shape index (κ3) is 7.12. The van der Waals surface area contributed by atoms with Gasteiger partial charge in [-0.1, -0.05) is 0 Å². The van der Waals surface area contributed by atoms with Crippen LogP contribution in [0.5, 0.6) is 0 Å². The van der Waals surface area contributed by atoms with Crippen molar-refractivity contribution in [3.63, 3.8) is 0 Å². The fourth-order valence-electron chi connectivity index (χ4n) is 4.05. The molecule has 2 heterocycles. The van der Waals surface area contributed by atoms with Gasteiger partial charge in [0.25, 0.3) is 11.8 Å². The molecule has 3 aromatic rings. The Morgan fingerprint density at radius 2 is 0.947 bits per heavy atom. The summed E-state index contributed by atoms with van der Waals surface area (Å²) in [4.78, 5) is 34.3. The van der Waals surface area contributed by atoms with Crippen LogP contribution in [0, 0.1) is 0 Å². The maximum Gasteiger partial charge on any atom is 0.255 e. The highest BCUT2D eigenvalue weighted by atomic mass is 35.5. The van der Waals surface area contributed by atoms with Gasteiger partial charge in [0.05, 0.1) is 0 Å². The molecule has 38 heavy (non-hydrogen) atoms. The normalized spacial score (nSPS) is 14.2. The van der Waals surface area contributed by atoms with E-state index in [2.05, 4.69) is 31.3 Å². The van der Waals surface area contributed by atoms with Crippen molar-refractivity contribution in [2.75, 3.05) is 36.8 Å². The first-order valence-corrected chi connectivity index (χ1v) is 12.2. The number of benzene rings is 3. The van der Waals surface area contributed by atoms with Crippen LogP contribution in [0.1, 0.15) is 44.7 Å². The number of anilines is 2. The van der Waals surface area contributed by atoms with Crippen molar-refractivity contribution >= 4 is 59.7 Å². The molecule has 0 saturated carbocycles. The van der Waals surface area contributed by atoms with E-state index in [1.807, 2.05) is 48.5 Å². The molecule has 0 spiro atoms. The Hall–Kier alpha value is -3.88. The summed E-state index contributed by atoms with van der Waals surface area (Å²) in [5.41, 5.74) is 4.33. The molecule has 4 N–H and O–H groups in total. The SMILES string of the molecule is Cl.Cl.O=C(Nc1ccc(C2=NCCCN2)cc1)c1ccc(C(=O)Nc2ccc(C3=NCCCN3)cc2)cc1. The lowest BCUT2D eigenvalue weighted by atomic mass is 10.1. The van der Waals surface area contributed by atoms with E-state index in [-0.39, 0.29) is 36.6 Å². The van der Waals surface area contributed by atoms with Crippen molar-refractivity contribution in [2.45, 2.75) is 12.8 Å². The van der Waals surface area contributed by atoms with Gasteiger partial charge in [-0.2, -0.15) is 0 Å². The molecule has 198 valence electrons. The summed E-state index contributed by atoms with van der Waals surface area (Å²) in [6, 6.07) is 21.8. The molecule has 0 bridgehead atoms. The third-order valence-electron chi connectivity index (χ3n) is 6.04. The van der Waals surface area contributed by atoms with E-state index >= 15 is 0 Å². The van der Waals surface area contributed by atoms with E-state index in [1.54, 1.807) is 24.3 Å². The Labute approximate surface area is 234 Å². The van der Waals surface area contributed by atoms with Crippen molar-refractivity contribution in [1.29, 1.82) is 0 Å². The van der Waals surface area contributed by atoms with Crippen molar-refractivity contribution in [2.24, 2.45) is 9.98 Å². The zero-order valence-corrected chi connectivity index (χ0v) is 22.3. The zero-order chi connectivity index (χ0) is 24.7. The summed E-state index contributed by atoms with van der Waals surface area (Å²) in [5.74, 6) is 1.30. The van der Waals surface area contributed by atoms with E-state index in [0.29, 0.717) is 22.5 Å². The molecule has 0 aliphatic carbocycles. The van der Waals surface area contributed by atoms with Gasteiger partial charge in [0.2, 0.25) is 0 Å². The van der Waals surface area contributed by atoms with Gasteiger partial charge in [0, 0.05) is 59.8 Å². The van der Waals surface area contributed by atoms with Crippen LogP contribution in [0.4, 0.5) is 11.4 Å². The summed E-state index contributed by atoms with van der Waals surface area (Å²) < 4.78 is 0. The molecule has 0 fully saturated rings. The number of carbonyl (C=O) groups is 2. The van der Waals surface area contributed by atoms with Gasteiger partial charge in [-0.3, -0.25) is 19.6 Å². The van der Waals surface area contributed by atoms with Crippen LogP contribution < -0.4 is 21.3 Å². The maximum atomic E-state index is 12.7. The van der Waals surface area contributed by atoms with Crippen LogP contribution in [0.2, 0.25) is 0 Å². The minimum atomic E-state index is -0.238. The summed E-state index contributed by atoms with van der Waals surface area (Å²) in [6.45, 7) is 3.50. The number of rotatable bonds is 6. The van der Waals surface area contributed by atoms with Crippen LogP contribution in [0.15, 0.2) is 82.8 Å². The van der Waals surface area contributed by atoms with Crippen LogP contribution in [-0.4, -0.2) is 49.7 Å². The van der Waals surface area contributed by atoms with Gasteiger partial charge >= 0.3 is 0 Å². The lowest BCUT2D eigenvalue weighted by molar-refractivity contribution is 0.101. The Morgan fingerprint density at radius 1 is 0.579 bits per heavy atom. The molecule has 2 amide bonds. The van der Waals surface area contributed by atoms with E-state index in [9.17, 15) is 9.59 Å². The monoisotopic (exact) mass is 552 g/mol. The van der Waals surface area contributed by atoms with Gasteiger partial charge < -0.3 is 21.3 Å². The quantitative estimate of drug-likeness (QED) is 0.360. The number of nitrogens with zero attached hydrogens (tertiary/aromatic N) is 2. The highest BCUT2D eigenvalue weighted by Crippen LogP contribution is 2.15. The molecule has 0 aromatic heterocycles. The van der Waals surface area contributed by atoms with Crippen molar-refractivity contribution in [3.8, 4) is 0 Å². The predicted octanol–water partition coefficient (Wildman–Crippen LogP) is 4.51. The summed E-state index contributed by atoms with van der Waals surface area (Å²) >= 11 is 0. The van der Waals surface area contributed by atoms with Gasteiger partial charge in [0.15, 0.2) is 0 Å². The van der Waals surface area contributed by atoms with E-state index in [0.717, 1.165) is 61.8 Å². The fourth-order valence-corrected chi connectivity index (χ4v) is 4.05. The van der Waals surface area contributed by atoms with Crippen molar-refractivity contribution in [1.82, 2.24) is 10.6 Å². The van der Waals surface area contributed by atoms with Crippen LogP contribution >= 0.6 is 24.8 Å². The minimum absolute atomic E-state index is 0. The predicted molar refractivity (Wildman–Crippen MR) is 158 cm³/mol. The highest BCUT2D eigenvalue weighted by molar-refractivity contribution is 6.08. The van der Waals surface area contributed by atoms with Gasteiger partial charge in [0.1, 0.15) is 11.7 Å². The number of amidine groups is 2. The van der Waals surface area contributed by atoms with E-state index in [1.165, 1.54) is 0 Å². The highest BCUT2D eigenvalue weighted by Gasteiger charge is 2.12. The molecule has 0 radical (unpaired) electrons. The summed E-state index contributed by atoms with van der Waals surface area (Å²) in [5, 5.41) is 12.4. The second-order valence-electron chi connectivity index (χ2n) is 8.66. The van der Waals surface area contributed by atoms with Gasteiger partial charge in [-0.05, 0) is 85.6 Å². The third-order valence-corrected chi connectivity index (χ3v) is 6.04. The van der Waals surface area contributed by atoms with Gasteiger partial charge in [-0.25, -0.2) is 0 Å². The lowest BCUT2D eigenvalue weighted by Crippen LogP contribution is -2.30.